The summed E-state index contributed by atoms with van der Waals surface area (Å²) in [5, 5.41) is 0. The van der Waals surface area contributed by atoms with Gasteiger partial charge in [0, 0.05) is 19.1 Å². The number of unbranched alkanes of at least 4 members (excludes halogenated alkanes) is 1. The van der Waals surface area contributed by atoms with Gasteiger partial charge in [0.05, 0.1) is 5.75 Å². The van der Waals surface area contributed by atoms with Crippen LogP contribution in [0.2, 0.25) is 0 Å². The van der Waals surface area contributed by atoms with Crippen LogP contribution >= 0.6 is 0 Å². The number of hydrogen-bond acceptors (Lipinski definition) is 3. The Kier molecular flexibility index (Phi) is 7.13. The van der Waals surface area contributed by atoms with Crippen LogP contribution in [0.15, 0.2) is 0 Å². The number of sulfonamides is 1. The van der Waals surface area contributed by atoms with E-state index in [-0.39, 0.29) is 5.75 Å². The van der Waals surface area contributed by atoms with Crippen LogP contribution in [0.5, 0.6) is 0 Å². The molecule has 0 aliphatic heterocycles. The Hall–Kier alpha value is -0.130. The molecule has 5 heteroatoms. The largest absolute Gasteiger partial charge is 0.303 e. The van der Waals surface area contributed by atoms with E-state index in [0.29, 0.717) is 12.6 Å². The summed E-state index contributed by atoms with van der Waals surface area (Å²) in [7, 11) is -1.05. The van der Waals surface area contributed by atoms with Gasteiger partial charge >= 0.3 is 0 Å². The fourth-order valence-electron chi connectivity index (χ4n) is 1.04. The van der Waals surface area contributed by atoms with Crippen LogP contribution < -0.4 is 4.72 Å². The van der Waals surface area contributed by atoms with E-state index in [1.165, 1.54) is 0 Å². The van der Waals surface area contributed by atoms with Gasteiger partial charge < -0.3 is 4.90 Å². The highest BCUT2D eigenvalue weighted by Crippen LogP contribution is 1.94. The molecule has 0 amide bonds. The van der Waals surface area contributed by atoms with Crippen molar-refractivity contribution in [1.29, 1.82) is 0 Å². The lowest BCUT2D eigenvalue weighted by Gasteiger charge is -2.20. The van der Waals surface area contributed by atoms with Crippen LogP contribution in [0.3, 0.4) is 0 Å². The van der Waals surface area contributed by atoms with E-state index in [0.717, 1.165) is 19.4 Å². The molecule has 4 nitrogen and oxygen atoms in total. The third-order valence-electron chi connectivity index (χ3n) is 2.43. The Morgan fingerprint density at radius 3 is 2.40 bits per heavy atom. The molecule has 92 valence electrons. The Morgan fingerprint density at radius 1 is 1.33 bits per heavy atom. The average molecular weight is 236 g/mol. The summed E-state index contributed by atoms with van der Waals surface area (Å²) in [6.45, 7) is 7.42. The molecule has 0 aromatic rings. The van der Waals surface area contributed by atoms with Crippen LogP contribution in [0.25, 0.3) is 0 Å². The molecule has 0 spiro atoms. The Morgan fingerprint density at radius 2 is 1.93 bits per heavy atom. The minimum atomic E-state index is -3.04. The SMILES string of the molecule is CCCCS(=O)(=O)NCCN(C)C(C)C. The van der Waals surface area contributed by atoms with Crippen LogP contribution in [-0.4, -0.2) is 45.2 Å². The molecule has 0 fully saturated rings. The van der Waals surface area contributed by atoms with E-state index >= 15 is 0 Å². The molecular weight excluding hydrogens is 212 g/mol. The van der Waals surface area contributed by atoms with Crippen molar-refractivity contribution >= 4 is 10.0 Å². The zero-order valence-corrected chi connectivity index (χ0v) is 11.1. The van der Waals surface area contributed by atoms with Gasteiger partial charge in [-0.15, -0.1) is 0 Å². The number of likely N-dealkylation sites (N-methyl/N-ethyl adjacent to an activating group) is 1. The fraction of sp³-hybridized carbons (Fsp3) is 1.00. The molecule has 1 N–H and O–H groups in total. The zero-order valence-electron chi connectivity index (χ0n) is 10.3. The highest BCUT2D eigenvalue weighted by Gasteiger charge is 2.09. The quantitative estimate of drug-likeness (QED) is 0.685. The number of rotatable bonds is 8. The van der Waals surface area contributed by atoms with Gasteiger partial charge in [-0.3, -0.25) is 0 Å². The van der Waals surface area contributed by atoms with Crippen molar-refractivity contribution in [3.05, 3.63) is 0 Å². The zero-order chi connectivity index (χ0) is 11.9. The van der Waals surface area contributed by atoms with Crippen molar-refractivity contribution in [3.63, 3.8) is 0 Å². The Balaban J connectivity index is 3.75. The summed E-state index contributed by atoms with van der Waals surface area (Å²) in [6.07, 6.45) is 1.64. The van der Waals surface area contributed by atoms with Crippen molar-refractivity contribution in [1.82, 2.24) is 9.62 Å². The lowest BCUT2D eigenvalue weighted by molar-refractivity contribution is 0.278. The molecule has 0 aromatic heterocycles. The molecule has 0 rings (SSSR count). The summed E-state index contributed by atoms with van der Waals surface area (Å²) in [5.41, 5.74) is 0. The molecule has 0 heterocycles. The first-order chi connectivity index (χ1) is 6.89. The van der Waals surface area contributed by atoms with E-state index < -0.39 is 10.0 Å². The highest BCUT2D eigenvalue weighted by atomic mass is 32.2. The Bertz CT molecular complexity index is 250. The molecule has 0 unspecified atom stereocenters. The molecule has 0 saturated carbocycles. The molecule has 15 heavy (non-hydrogen) atoms. The van der Waals surface area contributed by atoms with Gasteiger partial charge in [-0.2, -0.15) is 0 Å². The topological polar surface area (TPSA) is 49.4 Å². The third-order valence-corrected chi connectivity index (χ3v) is 3.90. The number of nitrogens with one attached hydrogen (secondary N) is 1. The Labute approximate surface area is 94.1 Å². The van der Waals surface area contributed by atoms with Gasteiger partial charge in [-0.05, 0) is 27.3 Å². The summed E-state index contributed by atoms with van der Waals surface area (Å²) in [5.74, 6) is 0.245. The van der Waals surface area contributed by atoms with Crippen molar-refractivity contribution in [2.75, 3.05) is 25.9 Å². The fourth-order valence-corrected chi connectivity index (χ4v) is 2.26. The van der Waals surface area contributed by atoms with Crippen LogP contribution in [0.4, 0.5) is 0 Å². The van der Waals surface area contributed by atoms with Gasteiger partial charge in [0.15, 0.2) is 0 Å². The maximum Gasteiger partial charge on any atom is 0.211 e. The second kappa shape index (κ2) is 7.19. The molecule has 0 aliphatic carbocycles. The predicted molar refractivity (Wildman–Crippen MR) is 64.5 cm³/mol. The van der Waals surface area contributed by atoms with Crippen LogP contribution in [-0.2, 0) is 10.0 Å². The first-order valence-corrected chi connectivity index (χ1v) is 7.22. The molecule has 0 saturated heterocycles. The third kappa shape index (κ3) is 7.76. The molecule has 0 aliphatic rings. The summed E-state index contributed by atoms with van der Waals surface area (Å²) >= 11 is 0. The average Bonchev–Trinajstić information content (AvgIpc) is 2.14. The predicted octanol–water partition coefficient (Wildman–Crippen LogP) is 1.05. The monoisotopic (exact) mass is 236 g/mol. The van der Waals surface area contributed by atoms with E-state index in [2.05, 4.69) is 23.5 Å². The van der Waals surface area contributed by atoms with Gasteiger partial charge in [0.2, 0.25) is 10.0 Å². The molecule has 0 bridgehead atoms. The van der Waals surface area contributed by atoms with Crippen molar-refractivity contribution < 1.29 is 8.42 Å². The summed E-state index contributed by atoms with van der Waals surface area (Å²) < 4.78 is 25.4. The first kappa shape index (κ1) is 14.9. The van der Waals surface area contributed by atoms with Gasteiger partial charge in [0.25, 0.3) is 0 Å². The lowest BCUT2D eigenvalue weighted by Crippen LogP contribution is -2.36. The molecule has 0 radical (unpaired) electrons. The van der Waals surface area contributed by atoms with Gasteiger partial charge in [-0.1, -0.05) is 13.3 Å². The minimum Gasteiger partial charge on any atom is -0.303 e. The van der Waals surface area contributed by atoms with Gasteiger partial charge in [-0.25, -0.2) is 13.1 Å². The van der Waals surface area contributed by atoms with E-state index in [9.17, 15) is 8.42 Å². The number of hydrogen-bond donors (Lipinski definition) is 1. The van der Waals surface area contributed by atoms with Crippen molar-refractivity contribution in [2.45, 2.75) is 39.7 Å². The van der Waals surface area contributed by atoms with E-state index in [4.69, 9.17) is 0 Å². The van der Waals surface area contributed by atoms with Gasteiger partial charge in [0.1, 0.15) is 0 Å². The van der Waals surface area contributed by atoms with Crippen LogP contribution in [0.1, 0.15) is 33.6 Å². The normalized spacial score (nSPS) is 12.7. The smallest absolute Gasteiger partial charge is 0.211 e. The standard InChI is InChI=1S/C10H24N2O2S/c1-5-6-9-15(13,14)11-7-8-12(4)10(2)3/h10-11H,5-9H2,1-4H3. The first-order valence-electron chi connectivity index (χ1n) is 5.56. The van der Waals surface area contributed by atoms with Crippen molar-refractivity contribution in [2.24, 2.45) is 0 Å². The second-order valence-electron chi connectivity index (χ2n) is 4.14. The molecule has 0 aromatic carbocycles. The number of nitrogens with zero attached hydrogens (tertiary/aromatic N) is 1. The minimum absolute atomic E-state index is 0.245. The highest BCUT2D eigenvalue weighted by molar-refractivity contribution is 7.89. The second-order valence-corrected chi connectivity index (χ2v) is 6.07. The van der Waals surface area contributed by atoms with E-state index in [1.807, 2.05) is 14.0 Å². The lowest BCUT2D eigenvalue weighted by atomic mass is 10.3. The maximum absolute atomic E-state index is 11.4. The van der Waals surface area contributed by atoms with Crippen LogP contribution in [0, 0.1) is 0 Å². The summed E-state index contributed by atoms with van der Waals surface area (Å²) in [6, 6.07) is 0.449. The van der Waals surface area contributed by atoms with Crippen molar-refractivity contribution in [3.8, 4) is 0 Å². The maximum atomic E-state index is 11.4. The summed E-state index contributed by atoms with van der Waals surface area (Å²) in [4.78, 5) is 2.11. The molecular formula is C10H24N2O2S. The van der Waals surface area contributed by atoms with E-state index in [1.54, 1.807) is 0 Å². The molecule has 0 atom stereocenters.